The number of fused-ring (bicyclic) bond motifs is 2. The second kappa shape index (κ2) is 9.22. The highest BCUT2D eigenvalue weighted by molar-refractivity contribution is 6.07. The zero-order valence-electron chi connectivity index (χ0n) is 18.2. The summed E-state index contributed by atoms with van der Waals surface area (Å²) < 4.78 is 5.41. The van der Waals surface area contributed by atoms with Crippen LogP contribution < -0.4 is 5.32 Å². The van der Waals surface area contributed by atoms with Gasteiger partial charge in [0.1, 0.15) is 5.75 Å². The van der Waals surface area contributed by atoms with Gasteiger partial charge in [-0.2, -0.15) is 0 Å². The molecule has 0 bridgehead atoms. The van der Waals surface area contributed by atoms with Crippen LogP contribution in [-0.4, -0.2) is 34.6 Å². The minimum Gasteiger partial charge on any atom is -0.508 e. The molecule has 1 aromatic heterocycles. The topological polar surface area (TPSA) is 88.5 Å². The van der Waals surface area contributed by atoms with Crippen molar-refractivity contribution >= 4 is 34.4 Å². The first kappa shape index (κ1) is 21.6. The predicted molar refractivity (Wildman–Crippen MR) is 124 cm³/mol. The Kier molecular flexibility index (Phi) is 6.21. The molecule has 6 heteroatoms. The first-order chi connectivity index (χ1) is 15.4. The van der Waals surface area contributed by atoms with Crippen LogP contribution in [0.15, 0.2) is 48.5 Å². The number of aromatic hydroxyl groups is 1. The lowest BCUT2D eigenvalue weighted by molar-refractivity contribution is -0.124. The van der Waals surface area contributed by atoms with Gasteiger partial charge in [0.15, 0.2) is 6.61 Å². The molecule has 0 saturated heterocycles. The number of esters is 1. The van der Waals surface area contributed by atoms with Crippen molar-refractivity contribution < 1.29 is 19.4 Å². The van der Waals surface area contributed by atoms with Crippen LogP contribution in [0.25, 0.3) is 22.6 Å². The fraction of sp³-hybridized carbons (Fsp3) is 0.269. The molecule has 0 aliphatic heterocycles. The Balaban J connectivity index is 1.75. The quantitative estimate of drug-likeness (QED) is 0.582. The molecular weight excluding hydrogens is 404 g/mol. The molecule has 0 spiro atoms. The average molecular weight is 431 g/mol. The molecule has 4 rings (SSSR count). The van der Waals surface area contributed by atoms with Crippen LogP contribution in [0.4, 0.5) is 0 Å². The van der Waals surface area contributed by atoms with Gasteiger partial charge in [-0.1, -0.05) is 30.3 Å². The van der Waals surface area contributed by atoms with Crippen molar-refractivity contribution in [3.05, 3.63) is 70.9 Å². The molecule has 2 N–H and O–H groups in total. The molecule has 0 unspecified atom stereocenters. The zero-order valence-corrected chi connectivity index (χ0v) is 18.2. The molecule has 32 heavy (non-hydrogen) atoms. The highest BCUT2D eigenvalue weighted by Crippen LogP contribution is 2.36. The van der Waals surface area contributed by atoms with Crippen LogP contribution in [0.1, 0.15) is 53.9 Å². The van der Waals surface area contributed by atoms with Gasteiger partial charge in [0.25, 0.3) is 5.91 Å². The van der Waals surface area contributed by atoms with Crippen LogP contribution >= 0.6 is 0 Å². The Morgan fingerprint density at radius 3 is 2.62 bits per heavy atom. The molecule has 1 aliphatic rings. The first-order valence-electron chi connectivity index (χ1n) is 10.8. The van der Waals surface area contributed by atoms with E-state index in [1.165, 1.54) is 0 Å². The fourth-order valence-electron chi connectivity index (χ4n) is 4.05. The first-order valence-corrected chi connectivity index (χ1v) is 10.8. The van der Waals surface area contributed by atoms with E-state index in [0.717, 1.165) is 40.6 Å². The van der Waals surface area contributed by atoms with E-state index < -0.39 is 5.97 Å². The summed E-state index contributed by atoms with van der Waals surface area (Å²) in [5, 5.41) is 13.0. The summed E-state index contributed by atoms with van der Waals surface area (Å²) in [7, 11) is 0. The van der Waals surface area contributed by atoms with Gasteiger partial charge < -0.3 is 15.2 Å². The molecule has 0 radical (unpaired) electrons. The summed E-state index contributed by atoms with van der Waals surface area (Å²) in [4.78, 5) is 30.0. The number of phenols is 1. The number of carbonyl (C=O) groups is 2. The summed E-state index contributed by atoms with van der Waals surface area (Å²) in [5.74, 6) is -0.620. The van der Waals surface area contributed by atoms with E-state index in [-0.39, 0.29) is 24.3 Å². The highest BCUT2D eigenvalue weighted by atomic mass is 16.5. The zero-order chi connectivity index (χ0) is 22.7. The van der Waals surface area contributed by atoms with Crippen LogP contribution in [0.2, 0.25) is 0 Å². The Morgan fingerprint density at radius 1 is 1.12 bits per heavy atom. The Hall–Kier alpha value is -3.67. The number of pyridine rings is 1. The van der Waals surface area contributed by atoms with Gasteiger partial charge in [-0.15, -0.1) is 0 Å². The lowest BCUT2D eigenvalue weighted by atomic mass is 9.86. The van der Waals surface area contributed by atoms with Crippen molar-refractivity contribution in [1.82, 2.24) is 10.3 Å². The van der Waals surface area contributed by atoms with E-state index in [1.54, 1.807) is 12.1 Å². The molecular formula is C26H26N2O4. The number of benzene rings is 2. The number of nitrogens with zero attached hydrogens (tertiary/aromatic N) is 1. The standard InChI is InChI=1S/C26H26N2O4/c1-16(2)27-23(30)15-32-26(31)24-20-7-3-4-9-22(20)28-25-18(6-5-8-21(24)25)14-17-10-12-19(29)13-11-17/h3-4,7,9-14,16,29H,5-6,8,15H2,1-2H3,(H,27,30)/b18-14-. The number of para-hydroxylation sites is 1. The molecule has 2 aromatic carbocycles. The van der Waals surface area contributed by atoms with Crippen molar-refractivity contribution in [3.8, 4) is 5.75 Å². The molecule has 0 fully saturated rings. The summed E-state index contributed by atoms with van der Waals surface area (Å²) in [6.07, 6.45) is 4.47. The number of hydrogen-bond donors (Lipinski definition) is 2. The number of carbonyl (C=O) groups excluding carboxylic acids is 2. The van der Waals surface area contributed by atoms with Gasteiger partial charge in [-0.25, -0.2) is 9.78 Å². The summed E-state index contributed by atoms with van der Waals surface area (Å²) >= 11 is 0. The van der Waals surface area contributed by atoms with Crippen molar-refractivity contribution in [2.75, 3.05) is 6.61 Å². The maximum absolute atomic E-state index is 13.1. The van der Waals surface area contributed by atoms with Gasteiger partial charge in [0.05, 0.1) is 16.8 Å². The smallest absolute Gasteiger partial charge is 0.339 e. The minimum absolute atomic E-state index is 0.0247. The number of allylic oxidation sites excluding steroid dienone is 1. The number of amides is 1. The van der Waals surface area contributed by atoms with E-state index in [1.807, 2.05) is 56.3 Å². The molecule has 1 heterocycles. The summed E-state index contributed by atoms with van der Waals surface area (Å²) in [6, 6.07) is 14.5. The number of ether oxygens (including phenoxy) is 1. The second-order valence-corrected chi connectivity index (χ2v) is 8.24. The monoisotopic (exact) mass is 430 g/mol. The molecule has 0 saturated carbocycles. The molecule has 0 atom stereocenters. The van der Waals surface area contributed by atoms with E-state index in [9.17, 15) is 14.7 Å². The average Bonchev–Trinajstić information content (AvgIpc) is 2.77. The fourth-order valence-corrected chi connectivity index (χ4v) is 4.05. The molecule has 3 aromatic rings. The third-order valence-corrected chi connectivity index (χ3v) is 5.39. The van der Waals surface area contributed by atoms with Crippen molar-refractivity contribution in [1.29, 1.82) is 0 Å². The Morgan fingerprint density at radius 2 is 1.88 bits per heavy atom. The summed E-state index contributed by atoms with van der Waals surface area (Å²) in [5.41, 5.74) is 4.84. The Bertz CT molecular complexity index is 1200. The maximum atomic E-state index is 13.1. The normalized spacial score (nSPS) is 14.4. The van der Waals surface area contributed by atoms with Crippen LogP contribution in [0.3, 0.4) is 0 Å². The number of rotatable bonds is 5. The van der Waals surface area contributed by atoms with Crippen LogP contribution in [-0.2, 0) is 16.0 Å². The number of nitrogens with one attached hydrogen (secondary N) is 1. The summed E-state index contributed by atoms with van der Waals surface area (Å²) in [6.45, 7) is 3.39. The van der Waals surface area contributed by atoms with Gasteiger partial charge in [0, 0.05) is 11.4 Å². The van der Waals surface area contributed by atoms with Crippen molar-refractivity contribution in [2.45, 2.75) is 39.2 Å². The molecule has 1 aliphatic carbocycles. The highest BCUT2D eigenvalue weighted by Gasteiger charge is 2.26. The van der Waals surface area contributed by atoms with E-state index >= 15 is 0 Å². The van der Waals surface area contributed by atoms with Crippen LogP contribution in [0.5, 0.6) is 5.75 Å². The maximum Gasteiger partial charge on any atom is 0.339 e. The van der Waals surface area contributed by atoms with Gasteiger partial charge in [0.2, 0.25) is 0 Å². The van der Waals surface area contributed by atoms with Gasteiger partial charge in [-0.05, 0) is 74.1 Å². The lowest BCUT2D eigenvalue weighted by Crippen LogP contribution is -2.34. The Labute approximate surface area is 186 Å². The SMILES string of the molecule is CC(C)NC(=O)COC(=O)c1c2c(nc3ccccc13)/C(=C\c1ccc(O)cc1)CCC2. The van der Waals surface area contributed by atoms with Gasteiger partial charge in [-0.3, -0.25) is 4.79 Å². The van der Waals surface area contributed by atoms with Gasteiger partial charge >= 0.3 is 5.97 Å². The third-order valence-electron chi connectivity index (χ3n) is 5.39. The largest absolute Gasteiger partial charge is 0.508 e. The third kappa shape index (κ3) is 4.64. The number of phenolic OH excluding ortho intramolecular Hbond substituents is 1. The number of hydrogen-bond acceptors (Lipinski definition) is 5. The molecule has 6 nitrogen and oxygen atoms in total. The lowest BCUT2D eigenvalue weighted by Gasteiger charge is -2.22. The second-order valence-electron chi connectivity index (χ2n) is 8.24. The van der Waals surface area contributed by atoms with Crippen molar-refractivity contribution in [2.24, 2.45) is 0 Å². The molecule has 164 valence electrons. The van der Waals surface area contributed by atoms with Crippen LogP contribution in [0, 0.1) is 0 Å². The van der Waals surface area contributed by atoms with Crippen molar-refractivity contribution in [3.63, 3.8) is 0 Å². The minimum atomic E-state index is -0.510. The van der Waals surface area contributed by atoms with E-state index in [2.05, 4.69) is 5.32 Å². The van der Waals surface area contributed by atoms with E-state index in [0.29, 0.717) is 17.5 Å². The molecule has 1 amide bonds. The van der Waals surface area contributed by atoms with E-state index in [4.69, 9.17) is 9.72 Å². The number of aromatic nitrogens is 1. The predicted octanol–water partition coefficient (Wildman–Crippen LogP) is 4.50.